The standard InChI is InChI=1S/C29H38N5O10P/c1-7-23(36)42-25-24(21-13-14-22-27(30)31-16-32-34(21)22)43-29(6,26(25)41-19(5)35)15-39-45(38,44-20-11-9-8-10-12-20)33-18(4)28(37)40-17(2)3/h8-14,16-18,24-26H,7,15H2,1-6H3,(H,33,38)(H2,30,31,32)/t18-,24-,25-,26-,29+,45-/m0/s1. The number of nitrogen functional groups attached to an aromatic ring is 1. The van der Waals surface area contributed by atoms with Crippen LogP contribution in [-0.4, -0.2) is 69.1 Å². The largest absolute Gasteiger partial charge is 0.462 e. The van der Waals surface area contributed by atoms with Crippen LogP contribution in [0.5, 0.6) is 5.75 Å². The van der Waals surface area contributed by atoms with Crippen LogP contribution in [0.4, 0.5) is 5.82 Å². The second-order valence-electron chi connectivity index (χ2n) is 10.9. The van der Waals surface area contributed by atoms with E-state index in [2.05, 4.69) is 15.2 Å². The number of aromatic nitrogens is 3. The van der Waals surface area contributed by atoms with Crippen molar-refractivity contribution < 1.29 is 46.9 Å². The molecule has 1 saturated heterocycles. The number of ether oxygens (including phenoxy) is 4. The van der Waals surface area contributed by atoms with Crippen molar-refractivity contribution >= 4 is 37.0 Å². The third kappa shape index (κ3) is 7.98. The van der Waals surface area contributed by atoms with E-state index in [1.807, 2.05) is 0 Å². The fourth-order valence-corrected chi connectivity index (χ4v) is 6.33. The molecule has 3 heterocycles. The number of nitrogens with one attached hydrogen (secondary N) is 1. The Labute approximate surface area is 260 Å². The average Bonchev–Trinajstić information content (AvgIpc) is 3.52. The Hall–Kier alpha value is -4.04. The number of benzene rings is 1. The van der Waals surface area contributed by atoms with Crippen molar-refractivity contribution in [3.8, 4) is 5.75 Å². The van der Waals surface area contributed by atoms with Crippen LogP contribution in [0.3, 0.4) is 0 Å². The van der Waals surface area contributed by atoms with Crippen LogP contribution in [0.1, 0.15) is 59.8 Å². The van der Waals surface area contributed by atoms with Crippen LogP contribution >= 0.6 is 7.75 Å². The molecule has 1 aromatic carbocycles. The van der Waals surface area contributed by atoms with E-state index in [0.29, 0.717) is 11.2 Å². The molecule has 244 valence electrons. The van der Waals surface area contributed by atoms with E-state index in [9.17, 15) is 18.9 Å². The van der Waals surface area contributed by atoms with Gasteiger partial charge in [-0.2, -0.15) is 10.2 Å². The Balaban J connectivity index is 1.71. The number of nitrogens with two attached hydrogens (primary N) is 1. The molecule has 45 heavy (non-hydrogen) atoms. The predicted octanol–water partition coefficient (Wildman–Crippen LogP) is 3.53. The van der Waals surface area contributed by atoms with Gasteiger partial charge in [0.25, 0.3) is 0 Å². The maximum atomic E-state index is 14.2. The molecule has 0 radical (unpaired) electrons. The number of hydrogen-bond donors (Lipinski definition) is 2. The summed E-state index contributed by atoms with van der Waals surface area (Å²) in [5.74, 6) is -1.56. The molecule has 0 amide bonds. The second kappa shape index (κ2) is 13.9. The summed E-state index contributed by atoms with van der Waals surface area (Å²) in [5.41, 5.74) is 5.34. The Bertz CT molecular complexity index is 1570. The first-order valence-corrected chi connectivity index (χ1v) is 15.9. The maximum Gasteiger partial charge on any atom is 0.459 e. The molecule has 1 aliphatic heterocycles. The minimum absolute atomic E-state index is 0.0294. The molecule has 3 aromatic rings. The second-order valence-corrected chi connectivity index (χ2v) is 12.6. The topological polar surface area (TPSA) is 192 Å². The quantitative estimate of drug-likeness (QED) is 0.155. The molecule has 0 aliphatic carbocycles. The van der Waals surface area contributed by atoms with Crippen LogP contribution in [-0.2, 0) is 42.4 Å². The zero-order chi connectivity index (χ0) is 32.9. The first-order valence-electron chi connectivity index (χ1n) is 14.4. The van der Waals surface area contributed by atoms with Gasteiger partial charge in [-0.15, -0.1) is 0 Å². The number of carbonyl (C=O) groups excluding carboxylic acids is 3. The van der Waals surface area contributed by atoms with E-state index in [1.165, 1.54) is 24.7 Å². The summed E-state index contributed by atoms with van der Waals surface area (Å²) in [6, 6.07) is 10.4. The molecule has 16 heteroatoms. The highest BCUT2D eigenvalue weighted by atomic mass is 31.2. The molecule has 0 saturated carbocycles. The first kappa shape index (κ1) is 33.8. The van der Waals surface area contributed by atoms with Gasteiger partial charge in [-0.05, 0) is 52.0 Å². The summed E-state index contributed by atoms with van der Waals surface area (Å²) in [6.07, 6.45) is -2.59. The molecule has 0 spiro atoms. The number of anilines is 1. The number of carbonyl (C=O) groups is 3. The monoisotopic (exact) mass is 647 g/mol. The van der Waals surface area contributed by atoms with Crippen molar-refractivity contribution in [1.82, 2.24) is 19.7 Å². The van der Waals surface area contributed by atoms with Crippen LogP contribution in [0.2, 0.25) is 0 Å². The molecule has 0 bridgehead atoms. The molecule has 15 nitrogen and oxygen atoms in total. The van der Waals surface area contributed by atoms with Crippen molar-refractivity contribution in [2.45, 2.75) is 84.0 Å². The lowest BCUT2D eigenvalue weighted by Gasteiger charge is -2.32. The summed E-state index contributed by atoms with van der Waals surface area (Å²) < 4.78 is 50.5. The normalized spacial score (nSPS) is 23.3. The molecule has 1 aliphatic rings. The van der Waals surface area contributed by atoms with Crippen molar-refractivity contribution in [2.75, 3.05) is 12.3 Å². The molecule has 2 aromatic heterocycles. The highest BCUT2D eigenvalue weighted by molar-refractivity contribution is 7.52. The summed E-state index contributed by atoms with van der Waals surface area (Å²) >= 11 is 0. The van der Waals surface area contributed by atoms with Gasteiger partial charge >= 0.3 is 25.7 Å². The zero-order valence-corrected chi connectivity index (χ0v) is 26.8. The predicted molar refractivity (Wildman–Crippen MR) is 160 cm³/mol. The lowest BCUT2D eigenvalue weighted by Crippen LogP contribution is -2.48. The number of fused-ring (bicyclic) bond motifs is 1. The van der Waals surface area contributed by atoms with E-state index in [4.69, 9.17) is 33.7 Å². The Morgan fingerprint density at radius 2 is 1.84 bits per heavy atom. The summed E-state index contributed by atoms with van der Waals surface area (Å²) in [5, 5.41) is 6.88. The molecule has 0 unspecified atom stereocenters. The van der Waals surface area contributed by atoms with Crippen molar-refractivity contribution in [3.05, 3.63) is 54.5 Å². The van der Waals surface area contributed by atoms with Crippen molar-refractivity contribution in [3.63, 3.8) is 0 Å². The Morgan fingerprint density at radius 3 is 2.49 bits per heavy atom. The first-order chi connectivity index (χ1) is 21.2. The SMILES string of the molecule is CCC(=O)O[C@H]1[C@H](c2ccc3c(N)ncnn23)O[C@](C)(CO[P@@](=O)(N[C@@H](C)C(=O)OC(C)C)Oc2ccccc2)[C@H]1OC(C)=O. The lowest BCUT2D eigenvalue weighted by atomic mass is 9.96. The van der Waals surface area contributed by atoms with E-state index >= 15 is 0 Å². The third-order valence-corrected chi connectivity index (χ3v) is 8.42. The summed E-state index contributed by atoms with van der Waals surface area (Å²) in [4.78, 5) is 41.5. The van der Waals surface area contributed by atoms with Crippen LogP contribution in [0.25, 0.3) is 5.52 Å². The van der Waals surface area contributed by atoms with Crippen molar-refractivity contribution in [1.29, 1.82) is 0 Å². The molecule has 6 atom stereocenters. The summed E-state index contributed by atoms with van der Waals surface area (Å²) in [7, 11) is -4.35. The molecule has 4 rings (SSSR count). The van der Waals surface area contributed by atoms with Crippen LogP contribution in [0.15, 0.2) is 48.8 Å². The fourth-order valence-electron chi connectivity index (χ4n) is 4.74. The van der Waals surface area contributed by atoms with Gasteiger partial charge in [-0.3, -0.25) is 18.9 Å². The van der Waals surface area contributed by atoms with E-state index in [0.717, 1.165) is 0 Å². The number of nitrogens with zero attached hydrogens (tertiary/aromatic N) is 3. The van der Waals surface area contributed by atoms with Gasteiger partial charge in [-0.1, -0.05) is 25.1 Å². The van der Waals surface area contributed by atoms with Crippen LogP contribution in [0, 0.1) is 0 Å². The van der Waals surface area contributed by atoms with Gasteiger partial charge < -0.3 is 29.2 Å². The van der Waals surface area contributed by atoms with Gasteiger partial charge in [0, 0.05) is 13.3 Å². The number of esters is 3. The third-order valence-electron chi connectivity index (χ3n) is 6.79. The number of para-hydroxylation sites is 1. The Kier molecular flexibility index (Phi) is 10.5. The maximum absolute atomic E-state index is 14.2. The van der Waals surface area contributed by atoms with Gasteiger partial charge in [0.15, 0.2) is 18.0 Å². The van der Waals surface area contributed by atoms with Crippen LogP contribution < -0.4 is 15.3 Å². The molecule has 3 N–H and O–H groups in total. The molecular weight excluding hydrogens is 609 g/mol. The number of hydrogen-bond acceptors (Lipinski definition) is 13. The van der Waals surface area contributed by atoms with Gasteiger partial charge in [-0.25, -0.2) is 14.1 Å². The Morgan fingerprint density at radius 1 is 1.13 bits per heavy atom. The zero-order valence-electron chi connectivity index (χ0n) is 25.9. The van der Waals surface area contributed by atoms with E-state index < -0.39 is 68.3 Å². The van der Waals surface area contributed by atoms with Crippen molar-refractivity contribution in [2.24, 2.45) is 0 Å². The average molecular weight is 648 g/mol. The smallest absolute Gasteiger partial charge is 0.459 e. The number of rotatable bonds is 13. The van der Waals surface area contributed by atoms with E-state index in [1.54, 1.807) is 70.2 Å². The fraction of sp³-hybridized carbons (Fsp3) is 0.483. The van der Waals surface area contributed by atoms with Gasteiger partial charge in [0.1, 0.15) is 35.3 Å². The minimum Gasteiger partial charge on any atom is -0.462 e. The minimum atomic E-state index is -4.35. The molecular formula is C29H38N5O10P. The van der Waals surface area contributed by atoms with Gasteiger partial charge in [0.05, 0.1) is 18.4 Å². The molecule has 1 fully saturated rings. The summed E-state index contributed by atoms with van der Waals surface area (Å²) in [6.45, 7) is 8.67. The highest BCUT2D eigenvalue weighted by Gasteiger charge is 2.58. The lowest BCUT2D eigenvalue weighted by molar-refractivity contribution is -0.170. The highest BCUT2D eigenvalue weighted by Crippen LogP contribution is 2.49. The van der Waals surface area contributed by atoms with Gasteiger partial charge in [0.2, 0.25) is 0 Å². The van der Waals surface area contributed by atoms with E-state index in [-0.39, 0.29) is 18.0 Å².